The maximum atomic E-state index is 10.4. The molecular formula is C8H12N2O2S. The third kappa shape index (κ3) is 3.12. The Morgan fingerprint density at radius 3 is 3.00 bits per heavy atom. The van der Waals surface area contributed by atoms with Crippen molar-refractivity contribution >= 4 is 17.3 Å². The van der Waals surface area contributed by atoms with Crippen molar-refractivity contribution in [3.8, 4) is 0 Å². The van der Waals surface area contributed by atoms with Crippen LogP contribution in [0.15, 0.2) is 5.38 Å². The molecule has 1 rings (SSSR count). The second-order valence-corrected chi connectivity index (χ2v) is 3.77. The van der Waals surface area contributed by atoms with Crippen molar-refractivity contribution in [2.24, 2.45) is 0 Å². The van der Waals surface area contributed by atoms with E-state index in [-0.39, 0.29) is 0 Å². The average Bonchev–Trinajstić information content (AvgIpc) is 2.47. The fraction of sp³-hybridized carbons (Fsp3) is 0.500. The van der Waals surface area contributed by atoms with Crippen molar-refractivity contribution in [1.29, 1.82) is 0 Å². The highest BCUT2D eigenvalue weighted by molar-refractivity contribution is 7.09. The SMILES string of the molecule is Cc1csc(CNC(C)C(=O)O)n1. The van der Waals surface area contributed by atoms with Crippen LogP contribution in [0.5, 0.6) is 0 Å². The summed E-state index contributed by atoms with van der Waals surface area (Å²) in [6.45, 7) is 4.05. The van der Waals surface area contributed by atoms with Crippen LogP contribution in [-0.2, 0) is 11.3 Å². The van der Waals surface area contributed by atoms with Gasteiger partial charge in [0.25, 0.3) is 0 Å². The van der Waals surface area contributed by atoms with Gasteiger partial charge in [-0.25, -0.2) is 4.98 Å². The Hall–Kier alpha value is -0.940. The van der Waals surface area contributed by atoms with Crippen LogP contribution in [0.3, 0.4) is 0 Å². The number of carbonyl (C=O) groups is 1. The van der Waals surface area contributed by atoms with Crippen LogP contribution in [0.2, 0.25) is 0 Å². The number of hydrogen-bond donors (Lipinski definition) is 2. The topological polar surface area (TPSA) is 62.2 Å². The predicted molar refractivity (Wildman–Crippen MR) is 50.8 cm³/mol. The summed E-state index contributed by atoms with van der Waals surface area (Å²) >= 11 is 1.54. The Balaban J connectivity index is 2.39. The molecule has 0 radical (unpaired) electrons. The molecule has 1 unspecified atom stereocenters. The third-order valence-corrected chi connectivity index (χ3v) is 2.56. The summed E-state index contributed by atoms with van der Waals surface area (Å²) in [6, 6.07) is -0.524. The van der Waals surface area contributed by atoms with Gasteiger partial charge in [0.15, 0.2) is 0 Å². The smallest absolute Gasteiger partial charge is 0.320 e. The van der Waals surface area contributed by atoms with Crippen molar-refractivity contribution in [3.63, 3.8) is 0 Å². The number of aliphatic carboxylic acids is 1. The molecule has 0 aromatic carbocycles. The summed E-state index contributed by atoms with van der Waals surface area (Å²) in [5.74, 6) is -0.840. The van der Waals surface area contributed by atoms with Crippen LogP contribution in [0.4, 0.5) is 0 Å². The first-order chi connectivity index (χ1) is 6.09. The second kappa shape index (κ2) is 4.34. The molecule has 0 saturated heterocycles. The maximum absolute atomic E-state index is 10.4. The Morgan fingerprint density at radius 2 is 2.54 bits per heavy atom. The summed E-state index contributed by atoms with van der Waals surface area (Å²) < 4.78 is 0. The molecule has 1 heterocycles. The zero-order chi connectivity index (χ0) is 9.84. The van der Waals surface area contributed by atoms with Gasteiger partial charge < -0.3 is 5.11 Å². The molecule has 5 heteroatoms. The van der Waals surface area contributed by atoms with E-state index in [1.165, 1.54) is 11.3 Å². The van der Waals surface area contributed by atoms with E-state index < -0.39 is 12.0 Å². The fourth-order valence-corrected chi connectivity index (χ4v) is 1.53. The zero-order valence-electron chi connectivity index (χ0n) is 7.57. The van der Waals surface area contributed by atoms with Crippen LogP contribution >= 0.6 is 11.3 Å². The molecule has 1 aromatic heterocycles. The molecule has 0 saturated carbocycles. The number of carboxylic acid groups (broad SMARTS) is 1. The van der Waals surface area contributed by atoms with Gasteiger partial charge >= 0.3 is 5.97 Å². The van der Waals surface area contributed by atoms with Gasteiger partial charge in [-0.3, -0.25) is 10.1 Å². The van der Waals surface area contributed by atoms with Crippen molar-refractivity contribution in [2.75, 3.05) is 0 Å². The lowest BCUT2D eigenvalue weighted by atomic mass is 10.3. The fourth-order valence-electron chi connectivity index (χ4n) is 0.812. The van der Waals surface area contributed by atoms with E-state index in [0.717, 1.165) is 10.7 Å². The van der Waals surface area contributed by atoms with Crippen molar-refractivity contribution in [3.05, 3.63) is 16.1 Å². The molecular weight excluding hydrogens is 188 g/mol. The van der Waals surface area contributed by atoms with E-state index in [9.17, 15) is 4.79 Å². The molecule has 4 nitrogen and oxygen atoms in total. The molecule has 0 aliphatic rings. The standard InChI is InChI=1S/C8H12N2O2S/c1-5-4-13-7(10-5)3-9-6(2)8(11)12/h4,6,9H,3H2,1-2H3,(H,11,12). The Morgan fingerprint density at radius 1 is 1.85 bits per heavy atom. The first-order valence-corrected chi connectivity index (χ1v) is 4.84. The highest BCUT2D eigenvalue weighted by Gasteiger charge is 2.09. The lowest BCUT2D eigenvalue weighted by molar-refractivity contribution is -0.139. The number of aryl methyl sites for hydroxylation is 1. The van der Waals surface area contributed by atoms with Gasteiger partial charge in [-0.1, -0.05) is 0 Å². The molecule has 1 atom stereocenters. The highest BCUT2D eigenvalue weighted by Crippen LogP contribution is 2.07. The largest absolute Gasteiger partial charge is 0.480 e. The minimum absolute atomic E-state index is 0.520. The van der Waals surface area contributed by atoms with Gasteiger partial charge in [0, 0.05) is 17.6 Å². The minimum atomic E-state index is -0.840. The molecule has 2 N–H and O–H groups in total. The number of nitrogens with zero attached hydrogens (tertiary/aromatic N) is 1. The lowest BCUT2D eigenvalue weighted by Gasteiger charge is -2.06. The Kier molecular flexibility index (Phi) is 3.39. The third-order valence-electron chi connectivity index (χ3n) is 1.60. The summed E-state index contributed by atoms with van der Waals surface area (Å²) in [4.78, 5) is 14.7. The highest BCUT2D eigenvalue weighted by atomic mass is 32.1. The monoisotopic (exact) mass is 200 g/mol. The van der Waals surface area contributed by atoms with Gasteiger partial charge in [-0.2, -0.15) is 0 Å². The first-order valence-electron chi connectivity index (χ1n) is 3.97. The van der Waals surface area contributed by atoms with Crippen LogP contribution < -0.4 is 5.32 Å². The Bertz CT molecular complexity index is 298. The average molecular weight is 200 g/mol. The van der Waals surface area contributed by atoms with Gasteiger partial charge in [0.05, 0.1) is 0 Å². The van der Waals surface area contributed by atoms with Crippen molar-refractivity contribution in [2.45, 2.75) is 26.4 Å². The molecule has 1 aromatic rings. The number of rotatable bonds is 4. The predicted octanol–water partition coefficient (Wildman–Crippen LogP) is 1.01. The molecule has 0 fully saturated rings. The number of carboxylic acids is 1. The molecule has 0 amide bonds. The molecule has 0 bridgehead atoms. The number of aromatic nitrogens is 1. The van der Waals surface area contributed by atoms with E-state index in [4.69, 9.17) is 5.11 Å². The normalized spacial score (nSPS) is 12.8. The molecule has 72 valence electrons. The van der Waals surface area contributed by atoms with Gasteiger partial charge in [0.2, 0.25) is 0 Å². The number of hydrogen-bond acceptors (Lipinski definition) is 4. The van der Waals surface area contributed by atoms with Crippen molar-refractivity contribution < 1.29 is 9.90 Å². The zero-order valence-corrected chi connectivity index (χ0v) is 8.39. The molecule has 13 heavy (non-hydrogen) atoms. The Labute approximate surface area is 80.6 Å². The van der Waals surface area contributed by atoms with E-state index in [1.54, 1.807) is 6.92 Å². The van der Waals surface area contributed by atoms with E-state index in [2.05, 4.69) is 10.3 Å². The number of nitrogens with one attached hydrogen (secondary N) is 1. The van der Waals surface area contributed by atoms with Gasteiger partial charge in [0.1, 0.15) is 11.0 Å². The number of thiazole rings is 1. The summed E-state index contributed by atoms with van der Waals surface area (Å²) in [6.07, 6.45) is 0. The minimum Gasteiger partial charge on any atom is -0.480 e. The van der Waals surface area contributed by atoms with Gasteiger partial charge in [-0.05, 0) is 13.8 Å². The summed E-state index contributed by atoms with van der Waals surface area (Å²) in [7, 11) is 0. The van der Waals surface area contributed by atoms with Crippen LogP contribution in [0.25, 0.3) is 0 Å². The second-order valence-electron chi connectivity index (χ2n) is 2.82. The van der Waals surface area contributed by atoms with Crippen molar-refractivity contribution in [1.82, 2.24) is 10.3 Å². The quantitative estimate of drug-likeness (QED) is 0.761. The summed E-state index contributed by atoms with van der Waals surface area (Å²) in [5.41, 5.74) is 0.977. The molecule has 0 aliphatic carbocycles. The summed E-state index contributed by atoms with van der Waals surface area (Å²) in [5, 5.41) is 14.3. The first kappa shape index (κ1) is 10.1. The van der Waals surface area contributed by atoms with Gasteiger partial charge in [-0.15, -0.1) is 11.3 Å². The maximum Gasteiger partial charge on any atom is 0.320 e. The van der Waals surface area contributed by atoms with Crippen LogP contribution in [0.1, 0.15) is 17.6 Å². The van der Waals surface area contributed by atoms with E-state index >= 15 is 0 Å². The van der Waals surface area contributed by atoms with Crippen LogP contribution in [0, 0.1) is 6.92 Å². The molecule has 0 aliphatic heterocycles. The van der Waals surface area contributed by atoms with Crippen LogP contribution in [-0.4, -0.2) is 22.1 Å². The van der Waals surface area contributed by atoms with E-state index in [1.807, 2.05) is 12.3 Å². The van der Waals surface area contributed by atoms with E-state index in [0.29, 0.717) is 6.54 Å². The lowest BCUT2D eigenvalue weighted by Crippen LogP contribution is -2.33. The molecule has 0 spiro atoms.